The first-order valence-electron chi connectivity index (χ1n) is 4.16. The molecule has 0 aliphatic rings. The summed E-state index contributed by atoms with van der Waals surface area (Å²) in [6, 6.07) is 0. The Morgan fingerprint density at radius 2 is 1.27 bits per heavy atom. The van der Waals surface area contributed by atoms with E-state index in [1.54, 1.807) is 0 Å². The molecule has 0 aliphatic carbocycles. The molecular formula is C8H21Al2Cl. The normalized spacial score (nSPS) is 10.1. The van der Waals surface area contributed by atoms with Gasteiger partial charge < -0.3 is 0 Å². The predicted molar refractivity (Wildman–Crippen MR) is 60.8 cm³/mol. The van der Waals surface area contributed by atoms with Gasteiger partial charge in [0.1, 0.15) is 0 Å². The monoisotopic (exact) mass is 206 g/mol. The van der Waals surface area contributed by atoms with Crippen molar-refractivity contribution in [2.75, 3.05) is 0 Å². The Morgan fingerprint density at radius 3 is 1.45 bits per heavy atom. The van der Waals surface area contributed by atoms with Gasteiger partial charge in [-0.15, -0.1) is 0 Å². The SMILES string of the molecule is CC(C)[CH2][Al]([Cl])[CH2]C(C)C.[AlH3]. The molecule has 66 valence electrons. The van der Waals surface area contributed by atoms with E-state index in [0.29, 0.717) is 0 Å². The van der Waals surface area contributed by atoms with Crippen molar-refractivity contribution >= 4 is 40.6 Å². The molecule has 0 bridgehead atoms. The summed E-state index contributed by atoms with van der Waals surface area (Å²) in [4.78, 5) is 0. The zero-order valence-corrected chi connectivity index (χ0v) is 9.43. The van der Waals surface area contributed by atoms with Gasteiger partial charge in [0, 0.05) is 0 Å². The summed E-state index contributed by atoms with van der Waals surface area (Å²) in [5, 5.41) is 2.58. The molecule has 0 saturated heterocycles. The van der Waals surface area contributed by atoms with Crippen molar-refractivity contribution in [3.05, 3.63) is 0 Å². The smallest absolute Gasteiger partial charge is 0.261 e. The van der Waals surface area contributed by atoms with E-state index < -0.39 is 13.2 Å². The molecule has 0 spiro atoms. The molecule has 0 nitrogen and oxygen atoms in total. The standard InChI is InChI=1S/2C4H9.2Al.ClH.3H/c2*1-4(2)3;;;;;;/h2*4H,1H2,2-3H3;;;1H;;;/q;;;+1;;;;/p-1. The van der Waals surface area contributed by atoms with Gasteiger partial charge in [0.15, 0.2) is 17.4 Å². The van der Waals surface area contributed by atoms with E-state index in [-0.39, 0.29) is 17.4 Å². The molecule has 11 heavy (non-hydrogen) atoms. The lowest BCUT2D eigenvalue weighted by Gasteiger charge is -2.08. The Labute approximate surface area is 90.4 Å². The van der Waals surface area contributed by atoms with Crippen LogP contribution in [0.3, 0.4) is 0 Å². The highest BCUT2D eigenvalue weighted by molar-refractivity contribution is 7.06. The van der Waals surface area contributed by atoms with Crippen molar-refractivity contribution in [2.24, 2.45) is 11.8 Å². The Bertz CT molecular complexity index is 74.2. The van der Waals surface area contributed by atoms with Gasteiger partial charge in [-0.05, 0) is 0 Å². The number of halogens is 1. The van der Waals surface area contributed by atoms with E-state index in [0.717, 1.165) is 11.8 Å². The molecule has 0 N–H and O–H groups in total. The van der Waals surface area contributed by atoms with Gasteiger partial charge in [0.2, 0.25) is 0 Å². The summed E-state index contributed by atoms with van der Waals surface area (Å²) in [5.74, 6) is 1.60. The minimum Gasteiger partial charge on any atom is -0.261 e. The van der Waals surface area contributed by atoms with Crippen LogP contribution in [0.25, 0.3) is 0 Å². The molecule has 0 saturated carbocycles. The second-order valence-electron chi connectivity index (χ2n) is 3.86. The van der Waals surface area contributed by atoms with Crippen LogP contribution < -0.4 is 0 Å². The molecule has 0 unspecified atom stereocenters. The molecule has 0 heterocycles. The maximum Gasteiger partial charge on any atom is 0.400 e. The fraction of sp³-hybridized carbons (Fsp3) is 1.00. The molecule has 0 rings (SSSR count). The fourth-order valence-electron chi connectivity index (χ4n) is 1.12. The Kier molecular flexibility index (Phi) is 10.8. The fourth-order valence-corrected chi connectivity index (χ4v) is 5.50. The molecular weight excluding hydrogens is 186 g/mol. The third-order valence-corrected chi connectivity index (χ3v) is 5.43. The minimum atomic E-state index is -0.846. The first-order chi connectivity index (χ1) is 4.52. The number of hydrogen-bond acceptors (Lipinski definition) is 0. The lowest BCUT2D eigenvalue weighted by molar-refractivity contribution is 0.697. The second kappa shape index (κ2) is 7.98. The highest BCUT2D eigenvalue weighted by Gasteiger charge is 2.17. The van der Waals surface area contributed by atoms with Gasteiger partial charge in [0.05, 0.1) is 0 Å². The summed E-state index contributed by atoms with van der Waals surface area (Å²) in [5.41, 5.74) is 0. The molecule has 0 fully saturated rings. The van der Waals surface area contributed by atoms with Crippen LogP contribution in [0.15, 0.2) is 0 Å². The third-order valence-electron chi connectivity index (χ3n) is 1.45. The summed E-state index contributed by atoms with van der Waals surface area (Å²) in [6.45, 7) is 9.01. The maximum absolute atomic E-state index is 6.21. The minimum absolute atomic E-state index is 0. The van der Waals surface area contributed by atoms with E-state index in [9.17, 15) is 0 Å². The average molecular weight is 207 g/mol. The summed E-state index contributed by atoms with van der Waals surface area (Å²) in [7, 11) is 6.21. The molecule has 0 radical (unpaired) electrons. The molecule has 0 aromatic carbocycles. The van der Waals surface area contributed by atoms with Gasteiger partial charge in [0.25, 0.3) is 0 Å². The molecule has 0 atom stereocenters. The number of hydrogen-bond donors (Lipinski definition) is 0. The maximum atomic E-state index is 6.21. The summed E-state index contributed by atoms with van der Waals surface area (Å²) < 4.78 is 0. The van der Waals surface area contributed by atoms with Crippen molar-refractivity contribution in [1.29, 1.82) is 0 Å². The van der Waals surface area contributed by atoms with Crippen LogP contribution in [0.1, 0.15) is 27.7 Å². The van der Waals surface area contributed by atoms with Gasteiger partial charge in [-0.2, -0.15) is 0 Å². The zero-order valence-electron chi connectivity index (χ0n) is 7.52. The van der Waals surface area contributed by atoms with E-state index in [4.69, 9.17) is 10.0 Å². The Balaban J connectivity index is 0. The first kappa shape index (κ1) is 14.9. The van der Waals surface area contributed by atoms with Crippen LogP contribution in [-0.4, -0.2) is 30.6 Å². The van der Waals surface area contributed by atoms with Crippen molar-refractivity contribution in [3.8, 4) is 0 Å². The highest BCUT2D eigenvalue weighted by atomic mass is 35.6. The van der Waals surface area contributed by atoms with Crippen LogP contribution in [0.2, 0.25) is 10.6 Å². The molecule has 0 aromatic rings. The van der Waals surface area contributed by atoms with Crippen LogP contribution in [0.4, 0.5) is 0 Å². The molecule has 0 amide bonds. The van der Waals surface area contributed by atoms with Crippen LogP contribution in [0, 0.1) is 11.8 Å². The lowest BCUT2D eigenvalue weighted by Crippen LogP contribution is -2.09. The first-order valence-corrected chi connectivity index (χ1v) is 7.54. The molecule has 3 heteroatoms. The lowest BCUT2D eigenvalue weighted by atomic mass is 10.3. The average Bonchev–Trinajstić information content (AvgIpc) is 1.58. The second-order valence-corrected chi connectivity index (χ2v) is 7.85. The van der Waals surface area contributed by atoms with E-state index in [1.807, 2.05) is 0 Å². The largest absolute Gasteiger partial charge is 0.400 e. The topological polar surface area (TPSA) is 0 Å². The van der Waals surface area contributed by atoms with E-state index in [2.05, 4.69) is 27.7 Å². The molecule has 0 aromatic heterocycles. The van der Waals surface area contributed by atoms with Gasteiger partial charge >= 0.3 is 13.2 Å². The Hall–Kier alpha value is 1.35. The summed E-state index contributed by atoms with van der Waals surface area (Å²) in [6.07, 6.45) is 0. The quantitative estimate of drug-likeness (QED) is 0.620. The van der Waals surface area contributed by atoms with Crippen molar-refractivity contribution < 1.29 is 0 Å². The zero-order chi connectivity index (χ0) is 8.15. The van der Waals surface area contributed by atoms with Crippen LogP contribution in [0.5, 0.6) is 0 Å². The van der Waals surface area contributed by atoms with Gasteiger partial charge in [-0.1, -0.05) is 50.1 Å². The summed E-state index contributed by atoms with van der Waals surface area (Å²) >= 11 is -0.846. The number of rotatable bonds is 4. The van der Waals surface area contributed by atoms with E-state index >= 15 is 0 Å². The van der Waals surface area contributed by atoms with Gasteiger partial charge in [-0.3, -0.25) is 10.0 Å². The van der Waals surface area contributed by atoms with Crippen LogP contribution >= 0.6 is 10.0 Å². The van der Waals surface area contributed by atoms with Crippen LogP contribution in [-0.2, 0) is 0 Å². The van der Waals surface area contributed by atoms with Crippen molar-refractivity contribution in [2.45, 2.75) is 38.3 Å². The molecule has 0 aliphatic heterocycles. The van der Waals surface area contributed by atoms with Crippen molar-refractivity contribution in [1.82, 2.24) is 0 Å². The highest BCUT2D eigenvalue weighted by Crippen LogP contribution is 2.16. The third kappa shape index (κ3) is 11.4. The Morgan fingerprint density at radius 1 is 1.00 bits per heavy atom. The van der Waals surface area contributed by atoms with Gasteiger partial charge in [-0.25, -0.2) is 0 Å². The van der Waals surface area contributed by atoms with E-state index in [1.165, 1.54) is 10.6 Å². The van der Waals surface area contributed by atoms with Crippen molar-refractivity contribution in [3.63, 3.8) is 0 Å². The predicted octanol–water partition coefficient (Wildman–Crippen LogP) is 2.34.